The lowest BCUT2D eigenvalue weighted by atomic mass is 10.2. The summed E-state index contributed by atoms with van der Waals surface area (Å²) in [5.74, 6) is 1.32. The summed E-state index contributed by atoms with van der Waals surface area (Å²) < 4.78 is 16.0. The summed E-state index contributed by atoms with van der Waals surface area (Å²) in [5.41, 5.74) is 3.59. The first-order valence-corrected chi connectivity index (χ1v) is 7.47. The predicted octanol–water partition coefficient (Wildman–Crippen LogP) is 2.87. The molecule has 2 rings (SSSR count). The molecule has 1 N–H and O–H groups in total. The van der Waals surface area contributed by atoms with Crippen molar-refractivity contribution in [3.63, 3.8) is 0 Å². The Bertz CT molecular complexity index is 729. The summed E-state index contributed by atoms with van der Waals surface area (Å²) in [4.78, 5) is 12.2. The minimum atomic E-state index is -0.358. The molecule has 0 unspecified atom stereocenters. The van der Waals surface area contributed by atoms with E-state index in [0.29, 0.717) is 35.0 Å². The summed E-state index contributed by atoms with van der Waals surface area (Å²) in [6.07, 6.45) is 1.51. The Labute approximate surface area is 141 Å². The standard InChI is InChI=1S/C18H20N2O4/c1-4-24-16-11-7-8-13(17(16)23-3)12-19-20-18(21)14-9-5-6-10-15(14)22-2/h5-12H,4H2,1-3H3,(H,20,21)/b19-12+. The number of hydrazone groups is 1. The van der Waals surface area contributed by atoms with Crippen molar-refractivity contribution in [3.05, 3.63) is 53.6 Å². The van der Waals surface area contributed by atoms with Crippen LogP contribution in [0.5, 0.6) is 17.2 Å². The number of ether oxygens (including phenoxy) is 3. The maximum Gasteiger partial charge on any atom is 0.275 e. The zero-order valence-electron chi connectivity index (χ0n) is 13.9. The molecule has 0 aliphatic rings. The minimum Gasteiger partial charge on any atom is -0.496 e. The van der Waals surface area contributed by atoms with Crippen molar-refractivity contribution in [2.75, 3.05) is 20.8 Å². The maximum absolute atomic E-state index is 12.2. The van der Waals surface area contributed by atoms with E-state index < -0.39 is 0 Å². The molecule has 6 nitrogen and oxygen atoms in total. The molecular formula is C18H20N2O4. The highest BCUT2D eigenvalue weighted by Crippen LogP contribution is 2.29. The largest absolute Gasteiger partial charge is 0.496 e. The van der Waals surface area contributed by atoms with Gasteiger partial charge in [0.25, 0.3) is 5.91 Å². The molecule has 0 radical (unpaired) electrons. The Balaban J connectivity index is 2.14. The quantitative estimate of drug-likeness (QED) is 0.627. The first kappa shape index (κ1) is 17.3. The van der Waals surface area contributed by atoms with Crippen LogP contribution in [0.3, 0.4) is 0 Å². The van der Waals surface area contributed by atoms with Crippen LogP contribution < -0.4 is 19.6 Å². The second kappa shape index (κ2) is 8.57. The third-order valence-corrected chi connectivity index (χ3v) is 3.23. The maximum atomic E-state index is 12.2. The zero-order chi connectivity index (χ0) is 17.4. The topological polar surface area (TPSA) is 69.2 Å². The van der Waals surface area contributed by atoms with Crippen LogP contribution in [0.25, 0.3) is 0 Å². The summed E-state index contributed by atoms with van der Waals surface area (Å²) in [6, 6.07) is 12.4. The molecule has 1 amide bonds. The molecule has 0 aliphatic heterocycles. The van der Waals surface area contributed by atoms with Gasteiger partial charge in [0.2, 0.25) is 0 Å². The summed E-state index contributed by atoms with van der Waals surface area (Å²) in [5, 5.41) is 3.99. The Hall–Kier alpha value is -3.02. The minimum absolute atomic E-state index is 0.358. The van der Waals surface area contributed by atoms with Gasteiger partial charge in [0.15, 0.2) is 11.5 Å². The Morgan fingerprint density at radius 1 is 1.08 bits per heavy atom. The number of nitrogens with one attached hydrogen (secondary N) is 1. The predicted molar refractivity (Wildman–Crippen MR) is 92.2 cm³/mol. The van der Waals surface area contributed by atoms with Crippen LogP contribution in [0.4, 0.5) is 0 Å². The number of nitrogens with zero attached hydrogens (tertiary/aromatic N) is 1. The third kappa shape index (κ3) is 4.04. The van der Waals surface area contributed by atoms with Gasteiger partial charge in [-0.3, -0.25) is 4.79 Å². The van der Waals surface area contributed by atoms with Gasteiger partial charge in [0, 0.05) is 5.56 Å². The van der Waals surface area contributed by atoms with Gasteiger partial charge >= 0.3 is 0 Å². The molecule has 0 aromatic heterocycles. The molecule has 0 saturated heterocycles. The molecule has 0 atom stereocenters. The van der Waals surface area contributed by atoms with Crippen LogP contribution in [0.2, 0.25) is 0 Å². The van der Waals surface area contributed by atoms with Crippen LogP contribution in [-0.4, -0.2) is 32.9 Å². The molecule has 2 aromatic carbocycles. The molecule has 24 heavy (non-hydrogen) atoms. The summed E-state index contributed by atoms with van der Waals surface area (Å²) >= 11 is 0. The monoisotopic (exact) mass is 328 g/mol. The van der Waals surface area contributed by atoms with Crippen LogP contribution in [0.1, 0.15) is 22.8 Å². The van der Waals surface area contributed by atoms with Crippen molar-refractivity contribution >= 4 is 12.1 Å². The van der Waals surface area contributed by atoms with E-state index in [4.69, 9.17) is 14.2 Å². The number of rotatable bonds is 7. The van der Waals surface area contributed by atoms with Crippen molar-refractivity contribution in [3.8, 4) is 17.2 Å². The second-order valence-electron chi connectivity index (χ2n) is 4.71. The lowest BCUT2D eigenvalue weighted by Gasteiger charge is -2.11. The van der Waals surface area contributed by atoms with Crippen LogP contribution in [0, 0.1) is 0 Å². The number of amides is 1. The van der Waals surface area contributed by atoms with Crippen molar-refractivity contribution in [2.24, 2.45) is 5.10 Å². The van der Waals surface area contributed by atoms with Crippen LogP contribution >= 0.6 is 0 Å². The SMILES string of the molecule is CCOc1cccc(/C=N/NC(=O)c2ccccc2OC)c1OC. The van der Waals surface area contributed by atoms with Gasteiger partial charge in [-0.15, -0.1) is 0 Å². The van der Waals surface area contributed by atoms with Gasteiger partial charge in [-0.05, 0) is 31.2 Å². The van der Waals surface area contributed by atoms with E-state index in [1.807, 2.05) is 25.1 Å². The lowest BCUT2D eigenvalue weighted by Crippen LogP contribution is -2.18. The molecule has 0 fully saturated rings. The van der Waals surface area contributed by atoms with Crippen molar-refractivity contribution in [2.45, 2.75) is 6.92 Å². The Morgan fingerprint density at radius 3 is 2.54 bits per heavy atom. The van der Waals surface area contributed by atoms with Crippen LogP contribution in [0.15, 0.2) is 47.6 Å². The van der Waals surface area contributed by atoms with E-state index >= 15 is 0 Å². The van der Waals surface area contributed by atoms with Gasteiger partial charge in [-0.1, -0.05) is 18.2 Å². The fourth-order valence-electron chi connectivity index (χ4n) is 2.17. The van der Waals surface area contributed by atoms with Gasteiger partial charge in [0.1, 0.15) is 5.75 Å². The second-order valence-corrected chi connectivity index (χ2v) is 4.71. The number of carbonyl (C=O) groups excluding carboxylic acids is 1. The Morgan fingerprint density at radius 2 is 1.83 bits per heavy atom. The highest BCUT2D eigenvalue weighted by atomic mass is 16.5. The van der Waals surface area contributed by atoms with Gasteiger partial charge < -0.3 is 14.2 Å². The zero-order valence-corrected chi connectivity index (χ0v) is 13.9. The number of para-hydroxylation sites is 2. The smallest absolute Gasteiger partial charge is 0.275 e. The van der Waals surface area contributed by atoms with E-state index in [-0.39, 0.29) is 5.91 Å². The molecule has 2 aromatic rings. The number of hydrogen-bond donors (Lipinski definition) is 1. The molecule has 0 saturated carbocycles. The number of methoxy groups -OCH3 is 2. The fourth-order valence-corrected chi connectivity index (χ4v) is 2.17. The van der Waals surface area contributed by atoms with Gasteiger partial charge in [-0.25, -0.2) is 5.43 Å². The van der Waals surface area contributed by atoms with Crippen molar-refractivity contribution in [1.82, 2.24) is 5.43 Å². The number of hydrogen-bond acceptors (Lipinski definition) is 5. The molecule has 6 heteroatoms. The summed E-state index contributed by atoms with van der Waals surface area (Å²) in [6.45, 7) is 2.43. The van der Waals surface area contributed by atoms with Crippen molar-refractivity contribution in [1.29, 1.82) is 0 Å². The molecule has 0 aliphatic carbocycles. The van der Waals surface area contributed by atoms with Crippen molar-refractivity contribution < 1.29 is 19.0 Å². The first-order chi connectivity index (χ1) is 11.7. The molecule has 0 heterocycles. The number of benzene rings is 2. The molecular weight excluding hydrogens is 308 g/mol. The first-order valence-electron chi connectivity index (χ1n) is 7.47. The average molecular weight is 328 g/mol. The van der Waals surface area contributed by atoms with E-state index in [9.17, 15) is 4.79 Å². The average Bonchev–Trinajstić information content (AvgIpc) is 2.62. The van der Waals surface area contributed by atoms with E-state index in [0.717, 1.165) is 0 Å². The third-order valence-electron chi connectivity index (χ3n) is 3.23. The van der Waals surface area contributed by atoms with E-state index in [1.165, 1.54) is 13.3 Å². The normalized spacial score (nSPS) is 10.5. The Kier molecular flexibility index (Phi) is 6.19. The molecule has 0 bridgehead atoms. The molecule has 0 spiro atoms. The highest BCUT2D eigenvalue weighted by Gasteiger charge is 2.11. The number of carbonyl (C=O) groups is 1. The molecule has 126 valence electrons. The van der Waals surface area contributed by atoms with Gasteiger partial charge in [-0.2, -0.15) is 5.10 Å². The highest BCUT2D eigenvalue weighted by molar-refractivity contribution is 5.97. The lowest BCUT2D eigenvalue weighted by molar-refractivity contribution is 0.0952. The fraction of sp³-hybridized carbons (Fsp3) is 0.222. The van der Waals surface area contributed by atoms with Gasteiger partial charge in [0.05, 0.1) is 32.6 Å². The summed E-state index contributed by atoms with van der Waals surface area (Å²) in [7, 11) is 3.07. The van der Waals surface area contributed by atoms with E-state index in [1.54, 1.807) is 31.4 Å². The van der Waals surface area contributed by atoms with Crippen LogP contribution in [-0.2, 0) is 0 Å². The van der Waals surface area contributed by atoms with E-state index in [2.05, 4.69) is 10.5 Å².